The van der Waals surface area contributed by atoms with E-state index in [1.54, 1.807) is 19.2 Å². The van der Waals surface area contributed by atoms with Gasteiger partial charge in [-0.3, -0.25) is 9.78 Å². The van der Waals surface area contributed by atoms with E-state index in [0.29, 0.717) is 17.8 Å². The molecule has 100 valence electrons. The Kier molecular flexibility index (Phi) is 7.84. The number of aromatic nitrogens is 1. The number of nitrogens with zero attached hydrogens (tertiary/aromatic N) is 1. The van der Waals surface area contributed by atoms with Crippen molar-refractivity contribution in [2.24, 2.45) is 0 Å². The van der Waals surface area contributed by atoms with Crippen LogP contribution in [0.2, 0.25) is 0 Å². The summed E-state index contributed by atoms with van der Waals surface area (Å²) in [5, 5.41) is 2.72. The maximum absolute atomic E-state index is 11.3. The second kappa shape index (κ2) is 8.56. The van der Waals surface area contributed by atoms with Crippen LogP contribution in [0.1, 0.15) is 41.7 Å². The molecule has 2 heterocycles. The summed E-state index contributed by atoms with van der Waals surface area (Å²) in [6, 6.07) is 1.72. The van der Waals surface area contributed by atoms with Gasteiger partial charge in [0.1, 0.15) is 0 Å². The molecule has 0 aromatic carbocycles. The van der Waals surface area contributed by atoms with Crippen molar-refractivity contribution in [2.75, 3.05) is 5.32 Å². The molecule has 1 atom stereocenters. The Morgan fingerprint density at radius 2 is 2.06 bits per heavy atom. The number of carbonyl (C=O) groups is 1. The van der Waals surface area contributed by atoms with Crippen LogP contribution in [0.15, 0.2) is 12.3 Å². The van der Waals surface area contributed by atoms with Crippen LogP contribution in [-0.4, -0.2) is 24.8 Å². The molecule has 0 aliphatic carbocycles. The number of fused-ring (bicyclic) bond motifs is 1. The fraction of sp³-hybridized carbons (Fsp3) is 0.538. The molecule has 0 saturated carbocycles. The summed E-state index contributed by atoms with van der Waals surface area (Å²) in [7, 11) is 5.43. The van der Waals surface area contributed by atoms with Gasteiger partial charge in [0.2, 0.25) is 0 Å². The molecule has 2 radical (unpaired) electrons. The summed E-state index contributed by atoms with van der Waals surface area (Å²) in [6.45, 7) is 9.69. The van der Waals surface area contributed by atoms with Gasteiger partial charge in [-0.25, -0.2) is 0 Å². The predicted molar refractivity (Wildman–Crippen MR) is 77.2 cm³/mol. The molecule has 1 amide bonds. The number of hydrogen-bond acceptors (Lipinski definition) is 3. The second-order valence-electron chi connectivity index (χ2n) is 3.13. The van der Waals surface area contributed by atoms with Crippen LogP contribution >= 0.6 is 0 Å². The van der Waals surface area contributed by atoms with E-state index in [4.69, 9.17) is 12.6 Å². The Balaban J connectivity index is 0. The fourth-order valence-electron chi connectivity index (χ4n) is 1.27. The first-order chi connectivity index (χ1) is 8.70. The first kappa shape index (κ1) is 16.5. The SMILES string of the molecule is CC.CC.[B]Cc1cc2c(cn1)OC(C)C(=O)N2.[HH]. The zero-order chi connectivity index (χ0) is 14.1. The molecule has 0 spiro atoms. The van der Waals surface area contributed by atoms with Crippen molar-refractivity contribution in [1.29, 1.82) is 0 Å². The maximum atomic E-state index is 11.3. The van der Waals surface area contributed by atoms with Gasteiger partial charge in [-0.1, -0.05) is 27.7 Å². The minimum absolute atomic E-state index is 0. The molecular weight excluding hydrogens is 227 g/mol. The van der Waals surface area contributed by atoms with Gasteiger partial charge in [0.15, 0.2) is 11.9 Å². The molecule has 0 bridgehead atoms. The molecule has 1 unspecified atom stereocenters. The smallest absolute Gasteiger partial charge is 0.265 e. The van der Waals surface area contributed by atoms with E-state index < -0.39 is 6.10 Å². The molecule has 1 aliphatic rings. The highest BCUT2D eigenvalue weighted by Gasteiger charge is 2.23. The van der Waals surface area contributed by atoms with Gasteiger partial charge in [-0.05, 0) is 19.3 Å². The number of pyridine rings is 1. The van der Waals surface area contributed by atoms with Crippen LogP contribution < -0.4 is 10.1 Å². The van der Waals surface area contributed by atoms with E-state index in [-0.39, 0.29) is 7.33 Å². The maximum Gasteiger partial charge on any atom is 0.265 e. The molecule has 18 heavy (non-hydrogen) atoms. The molecule has 1 N–H and O–H groups in total. The van der Waals surface area contributed by atoms with Gasteiger partial charge in [0, 0.05) is 7.12 Å². The Morgan fingerprint density at radius 3 is 2.61 bits per heavy atom. The summed E-state index contributed by atoms with van der Waals surface area (Å²) in [4.78, 5) is 15.3. The van der Waals surface area contributed by atoms with E-state index in [2.05, 4.69) is 10.3 Å². The van der Waals surface area contributed by atoms with Gasteiger partial charge in [0.05, 0.1) is 19.7 Å². The van der Waals surface area contributed by atoms with Crippen LogP contribution in [0.4, 0.5) is 5.69 Å². The number of anilines is 1. The first-order valence-corrected chi connectivity index (χ1v) is 6.37. The summed E-state index contributed by atoms with van der Waals surface area (Å²) in [6.07, 6.45) is 1.46. The molecule has 1 aromatic heterocycles. The fourth-order valence-corrected chi connectivity index (χ4v) is 1.27. The molecule has 1 aliphatic heterocycles. The van der Waals surface area contributed by atoms with Crippen LogP contribution in [0.25, 0.3) is 0 Å². The van der Waals surface area contributed by atoms with Crippen molar-refractivity contribution in [1.82, 2.24) is 4.98 Å². The third kappa shape index (κ3) is 4.06. The van der Waals surface area contributed by atoms with Crippen molar-refractivity contribution in [3.05, 3.63) is 18.0 Å². The Morgan fingerprint density at radius 1 is 1.44 bits per heavy atom. The zero-order valence-corrected chi connectivity index (χ0v) is 11.8. The normalized spacial score (nSPS) is 15.8. The average molecular weight is 250 g/mol. The van der Waals surface area contributed by atoms with Crippen LogP contribution in [0, 0.1) is 0 Å². The van der Waals surface area contributed by atoms with E-state index in [1.807, 2.05) is 27.7 Å². The minimum Gasteiger partial charge on any atom is -0.477 e. The van der Waals surface area contributed by atoms with E-state index in [1.165, 1.54) is 0 Å². The number of amides is 1. The molecule has 4 nitrogen and oxygen atoms in total. The van der Waals surface area contributed by atoms with Gasteiger partial charge < -0.3 is 10.1 Å². The van der Waals surface area contributed by atoms with Crippen LogP contribution in [-0.2, 0) is 11.1 Å². The minimum atomic E-state index is -0.465. The lowest BCUT2D eigenvalue weighted by Crippen LogP contribution is -2.34. The highest BCUT2D eigenvalue weighted by molar-refractivity contribution is 6.08. The summed E-state index contributed by atoms with van der Waals surface area (Å²) >= 11 is 0. The molecule has 2 rings (SSSR count). The molecule has 0 saturated heterocycles. The highest BCUT2D eigenvalue weighted by atomic mass is 16.5. The van der Waals surface area contributed by atoms with Gasteiger partial charge in [-0.15, -0.1) is 0 Å². The van der Waals surface area contributed by atoms with E-state index in [9.17, 15) is 4.79 Å². The largest absolute Gasteiger partial charge is 0.477 e. The van der Waals surface area contributed by atoms with E-state index >= 15 is 0 Å². The Hall–Kier alpha value is -1.52. The first-order valence-electron chi connectivity index (χ1n) is 6.37. The second-order valence-corrected chi connectivity index (χ2v) is 3.13. The number of rotatable bonds is 1. The topological polar surface area (TPSA) is 51.2 Å². The van der Waals surface area contributed by atoms with Crippen LogP contribution in [0.3, 0.4) is 0 Å². The predicted octanol–water partition coefficient (Wildman–Crippen LogP) is 2.77. The lowest BCUT2D eigenvalue weighted by molar-refractivity contribution is -0.122. The van der Waals surface area contributed by atoms with Crippen molar-refractivity contribution in [3.8, 4) is 5.75 Å². The van der Waals surface area contributed by atoms with Gasteiger partial charge in [-0.2, -0.15) is 0 Å². The lowest BCUT2D eigenvalue weighted by atomic mass is 10.0. The van der Waals surface area contributed by atoms with Gasteiger partial charge >= 0.3 is 0 Å². The third-order valence-corrected chi connectivity index (χ3v) is 2.06. The van der Waals surface area contributed by atoms with Gasteiger partial charge in [0.25, 0.3) is 5.91 Å². The third-order valence-electron chi connectivity index (χ3n) is 2.06. The molecule has 1 aromatic rings. The average Bonchev–Trinajstić information content (AvgIpc) is 2.44. The number of carbonyl (C=O) groups excluding carboxylic acids is 1. The molecule has 0 fully saturated rings. The number of hydrogen-bond donors (Lipinski definition) is 1. The van der Waals surface area contributed by atoms with Crippen molar-refractivity contribution >= 4 is 19.4 Å². The van der Waals surface area contributed by atoms with Crippen molar-refractivity contribution in [3.63, 3.8) is 0 Å². The van der Waals surface area contributed by atoms with Crippen molar-refractivity contribution in [2.45, 2.75) is 47.0 Å². The van der Waals surface area contributed by atoms with Crippen LogP contribution in [0.5, 0.6) is 5.75 Å². The summed E-state index contributed by atoms with van der Waals surface area (Å²) < 4.78 is 5.33. The lowest BCUT2D eigenvalue weighted by Gasteiger charge is -2.23. The number of ether oxygens (including phenoxy) is 1. The highest BCUT2D eigenvalue weighted by Crippen LogP contribution is 2.28. The molecule has 5 heteroatoms. The summed E-state index contributed by atoms with van der Waals surface area (Å²) in [5.41, 5.74) is 1.37. The summed E-state index contributed by atoms with van der Waals surface area (Å²) in [5.74, 6) is 0.445. The van der Waals surface area contributed by atoms with E-state index in [0.717, 1.165) is 5.69 Å². The standard InChI is InChI=1S/C9H9BN2O2.2C2H6.H2/c1-5-9(13)12-7-2-6(3-10)11-4-8(7)14-5;2*1-2;/h2,4-5H,3H2,1H3,(H,12,13);2*1-2H3;1H. The van der Waals surface area contributed by atoms with Crippen molar-refractivity contribution < 1.29 is 11.0 Å². The Bertz CT molecular complexity index is 389. The Labute approximate surface area is 112 Å². The quantitative estimate of drug-likeness (QED) is 0.779. The number of nitrogens with one attached hydrogen (secondary N) is 1. The molecular formula is C13H23BN2O2. The zero-order valence-electron chi connectivity index (χ0n) is 11.8. The monoisotopic (exact) mass is 250 g/mol.